The van der Waals surface area contributed by atoms with Gasteiger partial charge >= 0.3 is 0 Å². The van der Waals surface area contributed by atoms with Crippen molar-refractivity contribution < 1.29 is 14.3 Å². The first-order chi connectivity index (χ1) is 12.6. The molecule has 2 fully saturated rings. The number of amides is 2. The van der Waals surface area contributed by atoms with E-state index in [2.05, 4.69) is 10.4 Å². The van der Waals surface area contributed by atoms with Gasteiger partial charge in [-0.25, -0.2) is 0 Å². The Morgan fingerprint density at radius 2 is 2.15 bits per heavy atom. The maximum Gasteiger partial charge on any atom is 0.254 e. The summed E-state index contributed by atoms with van der Waals surface area (Å²) in [4.78, 5) is 26.6. The van der Waals surface area contributed by atoms with E-state index >= 15 is 0 Å². The highest BCUT2D eigenvalue weighted by Crippen LogP contribution is 2.30. The molecule has 0 bridgehead atoms. The van der Waals surface area contributed by atoms with Crippen LogP contribution in [-0.2, 0) is 16.6 Å². The van der Waals surface area contributed by atoms with Gasteiger partial charge in [-0.1, -0.05) is 6.07 Å². The largest absolute Gasteiger partial charge is 0.370 e. The molecule has 0 spiro atoms. The van der Waals surface area contributed by atoms with Crippen LogP contribution >= 0.6 is 0 Å². The third-order valence-corrected chi connectivity index (χ3v) is 4.78. The maximum absolute atomic E-state index is 12.9. The zero-order valence-electron chi connectivity index (χ0n) is 14.7. The van der Waals surface area contributed by atoms with E-state index in [1.165, 1.54) is 0 Å². The van der Waals surface area contributed by atoms with Gasteiger partial charge in [0.2, 0.25) is 5.91 Å². The van der Waals surface area contributed by atoms with Crippen molar-refractivity contribution in [2.24, 2.45) is 13.0 Å². The van der Waals surface area contributed by atoms with Crippen molar-refractivity contribution in [3.63, 3.8) is 0 Å². The lowest BCUT2D eigenvalue weighted by molar-refractivity contribution is -0.117. The molecule has 2 amide bonds. The van der Waals surface area contributed by atoms with Crippen molar-refractivity contribution in [1.29, 1.82) is 0 Å². The van der Waals surface area contributed by atoms with Crippen LogP contribution in [0.5, 0.6) is 0 Å². The molecule has 1 unspecified atom stereocenters. The van der Waals surface area contributed by atoms with Crippen molar-refractivity contribution in [3.05, 3.63) is 47.8 Å². The number of carbonyl (C=O) groups excluding carboxylic acids is 2. The smallest absolute Gasteiger partial charge is 0.254 e. The first-order valence-electron chi connectivity index (χ1n) is 8.90. The number of carbonyl (C=O) groups is 2. The molecule has 2 heterocycles. The molecule has 136 valence electrons. The van der Waals surface area contributed by atoms with Gasteiger partial charge in [0.15, 0.2) is 0 Å². The van der Waals surface area contributed by atoms with E-state index in [0.29, 0.717) is 30.9 Å². The fourth-order valence-electron chi connectivity index (χ4n) is 3.14. The Morgan fingerprint density at radius 3 is 2.88 bits per heavy atom. The summed E-state index contributed by atoms with van der Waals surface area (Å²) in [7, 11) is 1.86. The summed E-state index contributed by atoms with van der Waals surface area (Å²) < 4.78 is 7.53. The van der Waals surface area contributed by atoms with Gasteiger partial charge in [-0.3, -0.25) is 14.3 Å². The van der Waals surface area contributed by atoms with Gasteiger partial charge in [0, 0.05) is 42.5 Å². The van der Waals surface area contributed by atoms with Gasteiger partial charge in [-0.15, -0.1) is 0 Å². The van der Waals surface area contributed by atoms with Crippen molar-refractivity contribution in [2.45, 2.75) is 18.9 Å². The lowest BCUT2D eigenvalue weighted by Gasteiger charge is -2.32. The third-order valence-electron chi connectivity index (χ3n) is 4.78. The lowest BCUT2D eigenvalue weighted by Crippen LogP contribution is -2.42. The number of aromatic nitrogens is 2. The van der Waals surface area contributed by atoms with Crippen LogP contribution in [-0.4, -0.2) is 46.2 Å². The second-order valence-corrected chi connectivity index (χ2v) is 6.90. The second kappa shape index (κ2) is 6.92. The Bertz CT molecular complexity index is 828. The van der Waals surface area contributed by atoms with E-state index in [0.717, 1.165) is 18.4 Å². The van der Waals surface area contributed by atoms with Crippen molar-refractivity contribution >= 4 is 17.5 Å². The van der Waals surface area contributed by atoms with Crippen LogP contribution in [0, 0.1) is 5.92 Å². The lowest BCUT2D eigenvalue weighted by atomic mass is 10.1. The minimum Gasteiger partial charge on any atom is -0.370 e. The number of anilines is 1. The highest BCUT2D eigenvalue weighted by Gasteiger charge is 2.30. The van der Waals surface area contributed by atoms with Crippen LogP contribution in [0.4, 0.5) is 5.69 Å². The summed E-state index contributed by atoms with van der Waals surface area (Å²) in [6.07, 6.45) is 5.42. The van der Waals surface area contributed by atoms with Gasteiger partial charge in [-0.05, 0) is 31.0 Å². The molecule has 1 saturated heterocycles. The number of hydrogen-bond acceptors (Lipinski definition) is 4. The highest BCUT2D eigenvalue weighted by atomic mass is 16.5. The first-order valence-corrected chi connectivity index (χ1v) is 8.90. The molecule has 2 aromatic rings. The Morgan fingerprint density at radius 1 is 1.31 bits per heavy atom. The molecule has 1 aliphatic heterocycles. The molecule has 2 aliphatic rings. The first kappa shape index (κ1) is 16.8. The van der Waals surface area contributed by atoms with Crippen LogP contribution in [0.2, 0.25) is 0 Å². The summed E-state index contributed by atoms with van der Waals surface area (Å²) in [5, 5.41) is 7.07. The van der Waals surface area contributed by atoms with E-state index in [4.69, 9.17) is 4.74 Å². The number of hydrogen-bond donors (Lipinski definition) is 1. The number of nitrogens with zero attached hydrogens (tertiary/aromatic N) is 3. The SMILES string of the molecule is Cn1cc(C2CN(C(=O)c3cccc(NC(=O)C4CC4)c3)CCO2)cn1. The topological polar surface area (TPSA) is 76.5 Å². The number of nitrogens with one attached hydrogen (secondary N) is 1. The number of morpholine rings is 1. The van der Waals surface area contributed by atoms with E-state index in [-0.39, 0.29) is 23.8 Å². The number of ether oxygens (including phenoxy) is 1. The van der Waals surface area contributed by atoms with Crippen LogP contribution < -0.4 is 5.32 Å². The van der Waals surface area contributed by atoms with E-state index in [1.807, 2.05) is 19.3 Å². The quantitative estimate of drug-likeness (QED) is 0.911. The third kappa shape index (κ3) is 3.62. The fourth-order valence-corrected chi connectivity index (χ4v) is 3.14. The standard InChI is InChI=1S/C19H22N4O3/c1-22-11-15(10-20-22)17-12-23(7-8-26-17)19(25)14-3-2-4-16(9-14)21-18(24)13-5-6-13/h2-4,9-11,13,17H,5-8,12H2,1H3,(H,21,24). The maximum atomic E-state index is 12.9. The van der Waals surface area contributed by atoms with Crippen molar-refractivity contribution in [2.75, 3.05) is 25.0 Å². The van der Waals surface area contributed by atoms with Gasteiger partial charge in [0.25, 0.3) is 5.91 Å². The molecule has 1 N–H and O–H groups in total. The van der Waals surface area contributed by atoms with Gasteiger partial charge < -0.3 is 15.0 Å². The van der Waals surface area contributed by atoms with Gasteiger partial charge in [-0.2, -0.15) is 5.10 Å². The molecule has 7 heteroatoms. The zero-order chi connectivity index (χ0) is 18.1. The summed E-state index contributed by atoms with van der Waals surface area (Å²) in [6, 6.07) is 7.14. The molecular weight excluding hydrogens is 332 g/mol. The molecule has 4 rings (SSSR count). The molecule has 7 nitrogen and oxygen atoms in total. The van der Waals surface area contributed by atoms with Crippen LogP contribution in [0.15, 0.2) is 36.7 Å². The second-order valence-electron chi connectivity index (χ2n) is 6.90. The Balaban J connectivity index is 1.45. The Kier molecular flexibility index (Phi) is 4.46. The van der Waals surface area contributed by atoms with Crippen LogP contribution in [0.25, 0.3) is 0 Å². The summed E-state index contributed by atoms with van der Waals surface area (Å²) in [6.45, 7) is 1.53. The molecule has 1 aromatic heterocycles. The summed E-state index contributed by atoms with van der Waals surface area (Å²) in [5.41, 5.74) is 2.21. The zero-order valence-corrected chi connectivity index (χ0v) is 14.7. The van der Waals surface area contributed by atoms with Crippen LogP contribution in [0.3, 0.4) is 0 Å². The molecule has 26 heavy (non-hydrogen) atoms. The Hall–Kier alpha value is -2.67. The van der Waals surface area contributed by atoms with Gasteiger partial charge in [0.05, 0.1) is 19.3 Å². The molecule has 1 aromatic carbocycles. The molecule has 0 radical (unpaired) electrons. The molecule has 1 aliphatic carbocycles. The molecular formula is C19H22N4O3. The van der Waals surface area contributed by atoms with Crippen LogP contribution in [0.1, 0.15) is 34.9 Å². The van der Waals surface area contributed by atoms with E-state index in [9.17, 15) is 9.59 Å². The normalized spacial score (nSPS) is 20.0. The van der Waals surface area contributed by atoms with Crippen molar-refractivity contribution in [3.8, 4) is 0 Å². The minimum absolute atomic E-state index is 0.0395. The number of aryl methyl sites for hydroxylation is 1. The summed E-state index contributed by atoms with van der Waals surface area (Å²) >= 11 is 0. The number of rotatable bonds is 4. The monoisotopic (exact) mass is 354 g/mol. The Labute approximate surface area is 151 Å². The van der Waals surface area contributed by atoms with Crippen molar-refractivity contribution in [1.82, 2.24) is 14.7 Å². The fraction of sp³-hybridized carbons (Fsp3) is 0.421. The highest BCUT2D eigenvalue weighted by molar-refractivity contribution is 5.98. The molecule has 1 saturated carbocycles. The van der Waals surface area contributed by atoms with Gasteiger partial charge in [0.1, 0.15) is 6.10 Å². The predicted octanol–water partition coefficient (Wildman–Crippen LogP) is 1.98. The summed E-state index contributed by atoms with van der Waals surface area (Å²) in [5.74, 6) is 0.121. The average molecular weight is 354 g/mol. The predicted molar refractivity (Wildman–Crippen MR) is 95.6 cm³/mol. The van der Waals surface area contributed by atoms with E-state index in [1.54, 1.807) is 34.0 Å². The number of benzene rings is 1. The average Bonchev–Trinajstić information content (AvgIpc) is 3.43. The molecule has 1 atom stereocenters. The van der Waals surface area contributed by atoms with E-state index < -0.39 is 0 Å². The minimum atomic E-state index is -0.167.